The molecule has 2 heterocycles. The Balaban J connectivity index is 1.52. The Kier molecular flexibility index (Phi) is 5.23. The van der Waals surface area contributed by atoms with Crippen LogP contribution >= 0.6 is 0 Å². The van der Waals surface area contributed by atoms with Crippen molar-refractivity contribution in [2.45, 2.75) is 57.3 Å². The topological polar surface area (TPSA) is 68.4 Å². The molecule has 1 saturated carbocycles. The molecular formula is C31H27NO5. The first kappa shape index (κ1) is 23.4. The number of epoxide rings is 1. The number of rotatable bonds is 2. The van der Waals surface area contributed by atoms with Crippen LogP contribution in [0.15, 0.2) is 60.7 Å². The largest absolute Gasteiger partial charge is 0.426 e. The Hall–Kier alpha value is -4.00. The molecule has 2 aromatic rings. The molecule has 6 rings (SSSR count). The molecule has 4 bridgehead atoms. The number of carbonyl (C=O) groups is 2. The summed E-state index contributed by atoms with van der Waals surface area (Å²) < 4.78 is 18.2. The minimum atomic E-state index is -0.686. The molecule has 0 radical (unpaired) electrons. The van der Waals surface area contributed by atoms with Gasteiger partial charge in [0.05, 0.1) is 17.0 Å². The minimum absolute atomic E-state index is 0.0534. The number of ether oxygens (including phenoxy) is 3. The van der Waals surface area contributed by atoms with Crippen molar-refractivity contribution in [2.24, 2.45) is 11.3 Å². The monoisotopic (exact) mass is 493 g/mol. The molecule has 1 amide bonds. The van der Waals surface area contributed by atoms with Gasteiger partial charge in [-0.25, -0.2) is 4.79 Å². The highest BCUT2D eigenvalue weighted by molar-refractivity contribution is 5.95. The fraction of sp³-hybridized carbons (Fsp3) is 0.355. The third-order valence-electron chi connectivity index (χ3n) is 7.49. The van der Waals surface area contributed by atoms with Gasteiger partial charge in [-0.15, -0.1) is 0 Å². The number of esters is 1. The summed E-state index contributed by atoms with van der Waals surface area (Å²) in [5.41, 5.74) is -0.652. The maximum Gasteiger partial charge on any atom is 0.420 e. The number of hydrogen-bond donors (Lipinski definition) is 0. The highest BCUT2D eigenvalue weighted by Crippen LogP contribution is 2.72. The fourth-order valence-corrected chi connectivity index (χ4v) is 5.76. The summed E-state index contributed by atoms with van der Waals surface area (Å²) in [5, 5.41) is 0. The first-order valence-corrected chi connectivity index (χ1v) is 12.6. The van der Waals surface area contributed by atoms with Gasteiger partial charge in [0.15, 0.2) is 0 Å². The fourth-order valence-electron chi connectivity index (χ4n) is 5.76. The number of hydrogen-bond acceptors (Lipinski definition) is 5. The zero-order valence-corrected chi connectivity index (χ0v) is 21.0. The van der Waals surface area contributed by atoms with Gasteiger partial charge in [0.2, 0.25) is 0 Å². The quantitative estimate of drug-likeness (QED) is 0.244. The van der Waals surface area contributed by atoms with Crippen molar-refractivity contribution < 1.29 is 23.8 Å². The highest BCUT2D eigenvalue weighted by Gasteiger charge is 2.81. The zero-order chi connectivity index (χ0) is 25.8. The Morgan fingerprint density at radius 3 is 2.51 bits per heavy atom. The van der Waals surface area contributed by atoms with Crippen LogP contribution < -0.4 is 14.4 Å². The van der Waals surface area contributed by atoms with E-state index in [2.05, 4.69) is 23.7 Å². The van der Waals surface area contributed by atoms with E-state index in [0.717, 1.165) is 24.8 Å². The third kappa shape index (κ3) is 3.56. The first-order valence-electron chi connectivity index (χ1n) is 12.6. The molecule has 2 aromatic carbocycles. The summed E-state index contributed by atoms with van der Waals surface area (Å²) in [7, 11) is 0. The van der Waals surface area contributed by atoms with Crippen molar-refractivity contribution in [3.05, 3.63) is 66.2 Å². The van der Waals surface area contributed by atoms with Crippen molar-refractivity contribution in [2.75, 3.05) is 4.90 Å². The number of para-hydroxylation sites is 1. The number of fused-ring (bicyclic) bond motifs is 1. The molecule has 2 aliphatic carbocycles. The lowest BCUT2D eigenvalue weighted by Gasteiger charge is -2.43. The van der Waals surface area contributed by atoms with Gasteiger partial charge in [0, 0.05) is 11.6 Å². The van der Waals surface area contributed by atoms with Gasteiger partial charge in [-0.1, -0.05) is 47.9 Å². The van der Waals surface area contributed by atoms with E-state index in [1.165, 1.54) is 0 Å². The van der Waals surface area contributed by atoms with Gasteiger partial charge in [0.25, 0.3) is 0 Å². The Labute approximate surface area is 216 Å². The number of allylic oxidation sites excluding steroid dienone is 2. The predicted octanol–water partition coefficient (Wildman–Crippen LogP) is 5.37. The molecule has 0 spiro atoms. The van der Waals surface area contributed by atoms with Gasteiger partial charge in [-0.05, 0) is 70.4 Å². The van der Waals surface area contributed by atoms with E-state index in [0.29, 0.717) is 17.2 Å². The standard InChI is InChI=1S/C31H27NO5/c1-29(2,3)27(33)35-23-17-18-24-25(20-23)32(28(34)36-22-14-8-6-9-15-22)26-16-10-5-4-7-12-21-13-11-19-30(26)31(21,24)37-30/h4-6,8-9,14-15,17-18,20-21,26H,11,13,19H2,1-3H3/b5-4-/t21-,26-,30-,31+/m0/s1. The molecule has 0 N–H and O–H groups in total. The number of nitrogens with zero attached hydrogens (tertiary/aromatic N) is 1. The maximum atomic E-state index is 13.8. The molecule has 1 saturated heterocycles. The van der Waals surface area contributed by atoms with Gasteiger partial charge in [-0.2, -0.15) is 0 Å². The average molecular weight is 494 g/mol. The lowest BCUT2D eigenvalue weighted by molar-refractivity contribution is -0.142. The van der Waals surface area contributed by atoms with E-state index in [9.17, 15) is 9.59 Å². The molecule has 0 aromatic heterocycles. The maximum absolute atomic E-state index is 13.8. The second-order valence-corrected chi connectivity index (χ2v) is 10.9. The van der Waals surface area contributed by atoms with Crippen LogP contribution in [0.2, 0.25) is 0 Å². The minimum Gasteiger partial charge on any atom is -0.426 e. The highest BCUT2D eigenvalue weighted by atomic mass is 16.6. The molecule has 4 aliphatic rings. The SMILES string of the molecule is CC(C)(C)C(=O)Oc1ccc2c(c1)N(C(=O)Oc1ccccc1)[C@H]1C#C/C=C\C#C[C@H]3CCC[C@]14O[C@@]234. The van der Waals surface area contributed by atoms with Crippen LogP contribution in [0.4, 0.5) is 10.5 Å². The molecule has 186 valence electrons. The summed E-state index contributed by atoms with van der Waals surface area (Å²) >= 11 is 0. The average Bonchev–Trinajstić information content (AvgIpc) is 3.58. The molecule has 6 nitrogen and oxygen atoms in total. The van der Waals surface area contributed by atoms with E-state index in [1.807, 2.05) is 24.3 Å². The van der Waals surface area contributed by atoms with Gasteiger partial charge < -0.3 is 14.2 Å². The molecular weight excluding hydrogens is 466 g/mol. The van der Waals surface area contributed by atoms with Crippen molar-refractivity contribution >= 4 is 17.7 Å². The first-order chi connectivity index (χ1) is 17.8. The van der Waals surface area contributed by atoms with Crippen LogP contribution in [0.1, 0.15) is 45.6 Å². The Morgan fingerprint density at radius 1 is 1.00 bits per heavy atom. The van der Waals surface area contributed by atoms with Crippen LogP contribution in [0.25, 0.3) is 0 Å². The Morgan fingerprint density at radius 2 is 1.76 bits per heavy atom. The van der Waals surface area contributed by atoms with E-state index >= 15 is 0 Å². The van der Waals surface area contributed by atoms with Crippen molar-refractivity contribution in [1.82, 2.24) is 0 Å². The molecule has 6 heteroatoms. The molecule has 0 unspecified atom stereocenters. The second-order valence-electron chi connectivity index (χ2n) is 10.9. The van der Waals surface area contributed by atoms with Crippen molar-refractivity contribution in [3.63, 3.8) is 0 Å². The predicted molar refractivity (Wildman–Crippen MR) is 138 cm³/mol. The van der Waals surface area contributed by atoms with E-state index in [1.54, 1.807) is 62.1 Å². The summed E-state index contributed by atoms with van der Waals surface area (Å²) in [4.78, 5) is 28.1. The Bertz CT molecular complexity index is 1450. The number of anilines is 1. The molecule has 2 fully saturated rings. The van der Waals surface area contributed by atoms with Crippen molar-refractivity contribution in [1.29, 1.82) is 0 Å². The number of benzene rings is 2. The van der Waals surface area contributed by atoms with E-state index in [-0.39, 0.29) is 11.9 Å². The normalized spacial score (nSPS) is 29.1. The van der Waals surface area contributed by atoms with Gasteiger partial charge in [-0.3, -0.25) is 9.69 Å². The summed E-state index contributed by atoms with van der Waals surface area (Å²) in [5.74, 6) is 13.2. The lowest BCUT2D eigenvalue weighted by atomic mass is 9.64. The van der Waals surface area contributed by atoms with Crippen LogP contribution in [0.3, 0.4) is 0 Å². The van der Waals surface area contributed by atoms with Crippen LogP contribution in [-0.2, 0) is 15.1 Å². The van der Waals surface area contributed by atoms with E-state index in [4.69, 9.17) is 14.2 Å². The zero-order valence-electron chi connectivity index (χ0n) is 21.0. The summed E-state index contributed by atoms with van der Waals surface area (Å²) in [6.45, 7) is 5.39. The summed E-state index contributed by atoms with van der Waals surface area (Å²) in [6.07, 6.45) is 5.43. The van der Waals surface area contributed by atoms with E-state index < -0.39 is 28.8 Å². The van der Waals surface area contributed by atoms with Gasteiger partial charge in [0.1, 0.15) is 28.7 Å². The van der Waals surface area contributed by atoms with Crippen LogP contribution in [0.5, 0.6) is 11.5 Å². The van der Waals surface area contributed by atoms with Crippen LogP contribution in [-0.4, -0.2) is 23.7 Å². The smallest absolute Gasteiger partial charge is 0.420 e. The number of amides is 1. The lowest BCUT2D eigenvalue weighted by Crippen LogP contribution is -2.57. The van der Waals surface area contributed by atoms with Gasteiger partial charge >= 0.3 is 12.1 Å². The second kappa shape index (κ2) is 8.26. The molecule has 4 atom stereocenters. The third-order valence-corrected chi connectivity index (χ3v) is 7.49. The molecule has 37 heavy (non-hydrogen) atoms. The van der Waals surface area contributed by atoms with Crippen molar-refractivity contribution in [3.8, 4) is 35.2 Å². The number of carbonyl (C=O) groups excluding carboxylic acids is 2. The molecule has 2 aliphatic heterocycles. The summed E-state index contributed by atoms with van der Waals surface area (Å²) in [6, 6.07) is 13.7. The van der Waals surface area contributed by atoms with Crippen LogP contribution in [0, 0.1) is 35.0 Å².